The number of aromatic nitrogens is 3. The van der Waals surface area contributed by atoms with E-state index in [1.54, 1.807) is 0 Å². The van der Waals surface area contributed by atoms with Crippen molar-refractivity contribution in [2.75, 3.05) is 0 Å². The van der Waals surface area contributed by atoms with Crippen molar-refractivity contribution in [3.05, 3.63) is 152 Å². The zero-order valence-electron chi connectivity index (χ0n) is 25.7. The van der Waals surface area contributed by atoms with Crippen LogP contribution in [0, 0.1) is 0 Å². The Bertz CT molecular complexity index is 3130. The third-order valence-electron chi connectivity index (χ3n) is 9.95. The molecule has 0 aliphatic carbocycles. The van der Waals surface area contributed by atoms with E-state index in [0.29, 0.717) is 5.71 Å². The maximum Gasteiger partial charge on any atom is 0.228 e. The van der Waals surface area contributed by atoms with Gasteiger partial charge in [-0.3, -0.25) is 4.40 Å². The molecule has 4 nitrogen and oxygen atoms in total. The van der Waals surface area contributed by atoms with Gasteiger partial charge in [-0.1, -0.05) is 109 Å². The fraction of sp³-hybridized carbons (Fsp3) is 0. The highest BCUT2D eigenvalue weighted by atomic mass is 16.3. The first-order valence-electron chi connectivity index (χ1n) is 16.3. The number of imidazole rings is 1. The molecule has 0 unspecified atom stereocenters. The van der Waals surface area contributed by atoms with Crippen molar-refractivity contribution in [3.8, 4) is 22.3 Å². The number of nitrogens with zero attached hydrogens (tertiary/aromatic N) is 3. The van der Waals surface area contributed by atoms with Gasteiger partial charge in [0.25, 0.3) is 0 Å². The van der Waals surface area contributed by atoms with Gasteiger partial charge >= 0.3 is 0 Å². The monoisotopic (exact) mass is 611 g/mol. The Balaban J connectivity index is 1.21. The minimum Gasteiger partial charge on any atom is -0.438 e. The molecule has 0 aliphatic rings. The van der Waals surface area contributed by atoms with Crippen LogP contribution in [0.1, 0.15) is 0 Å². The second-order valence-electron chi connectivity index (χ2n) is 12.6. The standard InChI is InChI=1S/C44H25N3O/c1-2-13-30-26(10-1)20-22-31-34-25-28(21-23-37(34)47-38-18-7-6-17-36(38)45-43(47)41(30)31)27-11-9-12-29(24-27)40-32-14-3-5-16-35(32)46-44-42(40)33-15-4-8-19-39(33)48-44/h1-25H. The predicted octanol–water partition coefficient (Wildman–Crippen LogP) is 11.7. The van der Waals surface area contributed by atoms with E-state index in [9.17, 15) is 0 Å². The molecule has 11 rings (SSSR count). The average molecular weight is 612 g/mol. The molecule has 4 heterocycles. The summed E-state index contributed by atoms with van der Waals surface area (Å²) in [6.45, 7) is 0. The van der Waals surface area contributed by atoms with Crippen molar-refractivity contribution >= 4 is 82.1 Å². The normalized spacial score (nSPS) is 12.2. The summed E-state index contributed by atoms with van der Waals surface area (Å²) in [7, 11) is 0. The Morgan fingerprint density at radius 1 is 0.438 bits per heavy atom. The van der Waals surface area contributed by atoms with Crippen LogP contribution in [-0.2, 0) is 0 Å². The molecule has 0 aliphatic heterocycles. The van der Waals surface area contributed by atoms with Gasteiger partial charge in [-0.15, -0.1) is 0 Å². The molecule has 48 heavy (non-hydrogen) atoms. The third kappa shape index (κ3) is 3.49. The quantitative estimate of drug-likeness (QED) is 0.183. The molecule has 4 heteroatoms. The molecule has 0 N–H and O–H groups in total. The van der Waals surface area contributed by atoms with Gasteiger partial charge in [0.15, 0.2) is 0 Å². The Kier molecular flexibility index (Phi) is 5.08. The molecule has 0 atom stereocenters. The molecule has 0 fully saturated rings. The molecule has 7 aromatic carbocycles. The Hall–Kier alpha value is -6.52. The molecule has 0 saturated carbocycles. The summed E-state index contributed by atoms with van der Waals surface area (Å²) in [5.74, 6) is 0. The SMILES string of the molecule is c1cc(-c2ccc3c(c2)c2ccc4ccccc4c2c2nc4ccccc4n32)cc(-c2c3ccccc3nc3oc4ccccc4c23)c1. The van der Waals surface area contributed by atoms with Crippen LogP contribution in [0.25, 0.3) is 104 Å². The van der Waals surface area contributed by atoms with Crippen molar-refractivity contribution in [2.24, 2.45) is 0 Å². The van der Waals surface area contributed by atoms with Crippen LogP contribution < -0.4 is 0 Å². The molecule has 0 amide bonds. The van der Waals surface area contributed by atoms with Crippen molar-refractivity contribution in [3.63, 3.8) is 0 Å². The molecule has 11 aromatic rings. The topological polar surface area (TPSA) is 43.3 Å². The molecule has 4 aromatic heterocycles. The summed E-state index contributed by atoms with van der Waals surface area (Å²) in [6.07, 6.45) is 0. The van der Waals surface area contributed by atoms with E-state index in [4.69, 9.17) is 14.4 Å². The summed E-state index contributed by atoms with van der Waals surface area (Å²) in [4.78, 5) is 10.1. The van der Waals surface area contributed by atoms with Crippen LogP contribution in [0.4, 0.5) is 0 Å². The van der Waals surface area contributed by atoms with Crippen LogP contribution in [0.3, 0.4) is 0 Å². The summed E-state index contributed by atoms with van der Waals surface area (Å²) >= 11 is 0. The number of hydrogen-bond donors (Lipinski definition) is 0. The first-order valence-corrected chi connectivity index (χ1v) is 16.3. The van der Waals surface area contributed by atoms with Gasteiger partial charge in [0.05, 0.1) is 27.5 Å². The Labute approximate surface area is 274 Å². The number of rotatable bonds is 2. The van der Waals surface area contributed by atoms with E-state index < -0.39 is 0 Å². The number of benzene rings is 7. The molecule has 0 spiro atoms. The fourth-order valence-corrected chi connectivity index (χ4v) is 7.83. The smallest absolute Gasteiger partial charge is 0.228 e. The lowest BCUT2D eigenvalue weighted by Gasteiger charge is -2.14. The Morgan fingerprint density at radius 3 is 2.12 bits per heavy atom. The van der Waals surface area contributed by atoms with E-state index in [2.05, 4.69) is 138 Å². The first-order chi connectivity index (χ1) is 23.8. The average Bonchev–Trinajstić information content (AvgIpc) is 3.72. The lowest BCUT2D eigenvalue weighted by atomic mass is 9.93. The summed E-state index contributed by atoms with van der Waals surface area (Å²) in [5, 5.41) is 9.25. The molecule has 0 saturated heterocycles. The van der Waals surface area contributed by atoms with E-state index in [0.717, 1.165) is 71.7 Å². The van der Waals surface area contributed by atoms with Gasteiger partial charge in [0.1, 0.15) is 11.2 Å². The second kappa shape index (κ2) is 9.50. The Morgan fingerprint density at radius 2 is 1.19 bits per heavy atom. The van der Waals surface area contributed by atoms with E-state index >= 15 is 0 Å². The van der Waals surface area contributed by atoms with Crippen molar-refractivity contribution < 1.29 is 4.42 Å². The number of para-hydroxylation sites is 4. The van der Waals surface area contributed by atoms with Crippen LogP contribution in [0.2, 0.25) is 0 Å². The highest BCUT2D eigenvalue weighted by molar-refractivity contribution is 6.24. The van der Waals surface area contributed by atoms with Crippen LogP contribution >= 0.6 is 0 Å². The van der Waals surface area contributed by atoms with Crippen molar-refractivity contribution in [1.82, 2.24) is 14.4 Å². The van der Waals surface area contributed by atoms with Gasteiger partial charge in [-0.05, 0) is 75.3 Å². The van der Waals surface area contributed by atoms with Crippen LogP contribution in [-0.4, -0.2) is 14.4 Å². The van der Waals surface area contributed by atoms with E-state index in [1.807, 2.05) is 18.2 Å². The highest BCUT2D eigenvalue weighted by Gasteiger charge is 2.19. The third-order valence-corrected chi connectivity index (χ3v) is 9.95. The van der Waals surface area contributed by atoms with Crippen LogP contribution in [0.5, 0.6) is 0 Å². The zero-order valence-corrected chi connectivity index (χ0v) is 25.7. The highest BCUT2D eigenvalue weighted by Crippen LogP contribution is 2.42. The lowest BCUT2D eigenvalue weighted by Crippen LogP contribution is -1.93. The maximum absolute atomic E-state index is 6.30. The van der Waals surface area contributed by atoms with Gasteiger partial charge in [-0.25, -0.2) is 9.97 Å². The molecule has 0 radical (unpaired) electrons. The summed E-state index contributed by atoms with van der Waals surface area (Å²) in [5.41, 5.74) is 11.3. The zero-order chi connectivity index (χ0) is 31.3. The molecule has 0 bridgehead atoms. The van der Waals surface area contributed by atoms with Gasteiger partial charge < -0.3 is 4.42 Å². The minimum atomic E-state index is 0.663. The van der Waals surface area contributed by atoms with Gasteiger partial charge in [0.2, 0.25) is 5.71 Å². The van der Waals surface area contributed by atoms with Crippen molar-refractivity contribution in [2.45, 2.75) is 0 Å². The van der Waals surface area contributed by atoms with E-state index in [-0.39, 0.29) is 0 Å². The largest absolute Gasteiger partial charge is 0.438 e. The summed E-state index contributed by atoms with van der Waals surface area (Å²) in [6, 6.07) is 53.9. The molecular weight excluding hydrogens is 587 g/mol. The maximum atomic E-state index is 6.30. The minimum absolute atomic E-state index is 0.663. The molecule has 222 valence electrons. The predicted molar refractivity (Wildman–Crippen MR) is 199 cm³/mol. The summed E-state index contributed by atoms with van der Waals surface area (Å²) < 4.78 is 8.63. The number of furan rings is 1. The van der Waals surface area contributed by atoms with Gasteiger partial charge in [-0.2, -0.15) is 0 Å². The second-order valence-corrected chi connectivity index (χ2v) is 12.6. The van der Waals surface area contributed by atoms with Crippen molar-refractivity contribution in [1.29, 1.82) is 0 Å². The molecular formula is C44H25N3O. The van der Waals surface area contributed by atoms with Crippen LogP contribution in [0.15, 0.2) is 156 Å². The fourth-order valence-electron chi connectivity index (χ4n) is 7.83. The van der Waals surface area contributed by atoms with E-state index in [1.165, 1.54) is 26.9 Å². The number of pyridine rings is 2. The lowest BCUT2D eigenvalue weighted by molar-refractivity contribution is 0.656. The van der Waals surface area contributed by atoms with Gasteiger partial charge in [0, 0.05) is 27.1 Å². The number of fused-ring (bicyclic) bond motifs is 14. The number of hydrogen-bond acceptors (Lipinski definition) is 3. The first kappa shape index (κ1) is 25.6.